The number of hydrogen-bond donors (Lipinski definition) is 0. The lowest BCUT2D eigenvalue weighted by molar-refractivity contribution is -0.816. The van der Waals surface area contributed by atoms with Crippen molar-refractivity contribution in [2.45, 2.75) is 0 Å². The number of rotatable bonds is 3. The quantitative estimate of drug-likeness (QED) is 0.451. The molecule has 0 aliphatic heterocycles. The van der Waals surface area contributed by atoms with Gasteiger partial charge in [-0.25, -0.2) is 0 Å². The monoisotopic (exact) mass is 178 g/mol. The van der Waals surface area contributed by atoms with Crippen LogP contribution in [0.5, 0.6) is 0 Å². The van der Waals surface area contributed by atoms with Crippen LogP contribution in [0.1, 0.15) is 0 Å². The summed E-state index contributed by atoms with van der Waals surface area (Å²) >= 11 is 0. The van der Waals surface area contributed by atoms with Crippen LogP contribution in [-0.2, 0) is 8.85 Å². The van der Waals surface area contributed by atoms with Gasteiger partial charge in [-0.15, -0.1) is 0 Å². The summed E-state index contributed by atoms with van der Waals surface area (Å²) in [5, 5.41) is 0. The molecule has 0 aromatic heterocycles. The van der Waals surface area contributed by atoms with Crippen LogP contribution >= 0.6 is 0 Å². The molecular weight excluding hydrogens is 158 g/mol. The first-order chi connectivity index (χ1) is 4.97. The van der Waals surface area contributed by atoms with E-state index in [0.29, 0.717) is 0 Å². The predicted molar refractivity (Wildman–Crippen MR) is 50.8 cm³/mol. The molecule has 0 amide bonds. The molecule has 0 bridgehead atoms. The molecule has 0 aromatic rings. The summed E-state index contributed by atoms with van der Waals surface area (Å²) in [6.07, 6.45) is 1.88. The molecule has 0 saturated carbocycles. The highest BCUT2D eigenvalue weighted by atomic mass is 28.3. The Labute approximate surface area is 72.3 Å². The first-order valence-electron chi connectivity index (χ1n) is 3.40. The Hall–Kier alpha value is -0.163. The highest BCUT2D eigenvalue weighted by molar-refractivity contribution is 6.17. The van der Waals surface area contributed by atoms with Crippen LogP contribution in [0.3, 0.4) is 0 Å². The standard InChI is InChI=1S/C5H12N.C2H8O2Si/c1-5-6(2,3)4;1-3-5-4-2/h5H,1H2,2-4H3;5H2,1-2H3/q+1;. The van der Waals surface area contributed by atoms with Gasteiger partial charge in [0.05, 0.1) is 27.3 Å². The summed E-state index contributed by atoms with van der Waals surface area (Å²) < 4.78 is 10.0. The second kappa shape index (κ2) is 7.94. The zero-order valence-electron chi connectivity index (χ0n) is 8.26. The van der Waals surface area contributed by atoms with E-state index in [9.17, 15) is 0 Å². The van der Waals surface area contributed by atoms with Crippen molar-refractivity contribution >= 4 is 10.0 Å². The van der Waals surface area contributed by atoms with Gasteiger partial charge in [0, 0.05) is 14.2 Å². The van der Waals surface area contributed by atoms with Crippen molar-refractivity contribution < 1.29 is 13.3 Å². The van der Waals surface area contributed by atoms with E-state index in [2.05, 4.69) is 36.6 Å². The third kappa shape index (κ3) is 25.8. The van der Waals surface area contributed by atoms with Crippen LogP contribution in [0.4, 0.5) is 0 Å². The highest BCUT2D eigenvalue weighted by Gasteiger charge is 1.94. The van der Waals surface area contributed by atoms with Crippen molar-refractivity contribution in [2.75, 3.05) is 35.4 Å². The largest absolute Gasteiger partial charge is 0.402 e. The van der Waals surface area contributed by atoms with Gasteiger partial charge in [0.2, 0.25) is 0 Å². The maximum Gasteiger partial charge on any atom is 0.303 e. The second-order valence-corrected chi connectivity index (χ2v) is 4.38. The zero-order valence-corrected chi connectivity index (χ0v) is 9.67. The minimum Gasteiger partial charge on any atom is -0.402 e. The summed E-state index contributed by atoms with van der Waals surface area (Å²) in [6, 6.07) is 0. The fourth-order valence-electron chi connectivity index (χ4n) is 0.118. The van der Waals surface area contributed by atoms with Crippen molar-refractivity contribution in [1.29, 1.82) is 0 Å². The van der Waals surface area contributed by atoms with Crippen LogP contribution in [0, 0.1) is 0 Å². The van der Waals surface area contributed by atoms with E-state index in [-0.39, 0.29) is 0 Å². The Balaban J connectivity index is 0. The van der Waals surface area contributed by atoms with Gasteiger partial charge in [-0.05, 0) is 6.58 Å². The normalized spacial score (nSPS) is 9.91. The predicted octanol–water partition coefficient (Wildman–Crippen LogP) is 0.114. The first kappa shape index (κ1) is 13.4. The lowest BCUT2D eigenvalue weighted by atomic mass is 10.7. The molecule has 0 rings (SSSR count). The van der Waals surface area contributed by atoms with Crippen LogP contribution in [0.2, 0.25) is 0 Å². The Kier molecular flexibility index (Phi) is 9.69. The fraction of sp³-hybridized carbons (Fsp3) is 0.714. The molecule has 0 atom stereocenters. The molecule has 0 N–H and O–H groups in total. The lowest BCUT2D eigenvalue weighted by Crippen LogP contribution is -2.25. The van der Waals surface area contributed by atoms with Gasteiger partial charge in [-0.2, -0.15) is 0 Å². The molecule has 0 spiro atoms. The minimum absolute atomic E-state index is 0.568. The van der Waals surface area contributed by atoms with Gasteiger partial charge in [0.15, 0.2) is 0 Å². The Morgan fingerprint density at radius 2 is 1.45 bits per heavy atom. The molecule has 11 heavy (non-hydrogen) atoms. The Morgan fingerprint density at radius 1 is 1.18 bits per heavy atom. The van der Waals surface area contributed by atoms with Crippen molar-refractivity contribution in [2.24, 2.45) is 0 Å². The molecule has 0 saturated heterocycles. The smallest absolute Gasteiger partial charge is 0.303 e. The van der Waals surface area contributed by atoms with Gasteiger partial charge in [-0.3, -0.25) is 0 Å². The summed E-state index contributed by atoms with van der Waals surface area (Å²) in [4.78, 5) is 0. The average molecular weight is 178 g/mol. The molecule has 0 radical (unpaired) electrons. The molecule has 0 unspecified atom stereocenters. The minimum atomic E-state index is -0.568. The van der Waals surface area contributed by atoms with Gasteiger partial charge < -0.3 is 13.3 Å². The van der Waals surface area contributed by atoms with E-state index in [1.165, 1.54) is 0 Å². The van der Waals surface area contributed by atoms with Crippen LogP contribution in [0.15, 0.2) is 12.8 Å². The second-order valence-electron chi connectivity index (χ2n) is 2.99. The van der Waals surface area contributed by atoms with E-state index in [1.807, 2.05) is 6.20 Å². The summed E-state index contributed by atoms with van der Waals surface area (Å²) in [5.41, 5.74) is 0. The topological polar surface area (TPSA) is 18.5 Å². The molecular formula is C7H20NO2Si+. The molecule has 3 nitrogen and oxygen atoms in total. The van der Waals surface area contributed by atoms with E-state index < -0.39 is 10.0 Å². The third-order valence-corrected chi connectivity index (χ3v) is 1.25. The van der Waals surface area contributed by atoms with Gasteiger partial charge in [0.1, 0.15) is 0 Å². The van der Waals surface area contributed by atoms with Crippen molar-refractivity contribution in [3.8, 4) is 0 Å². The summed E-state index contributed by atoms with van der Waals surface area (Å²) in [5.74, 6) is 0. The van der Waals surface area contributed by atoms with E-state index in [4.69, 9.17) is 0 Å². The van der Waals surface area contributed by atoms with E-state index >= 15 is 0 Å². The van der Waals surface area contributed by atoms with E-state index in [0.717, 1.165) is 4.48 Å². The van der Waals surface area contributed by atoms with Crippen LogP contribution in [0.25, 0.3) is 0 Å². The zero-order chi connectivity index (χ0) is 9.33. The highest BCUT2D eigenvalue weighted by Crippen LogP contribution is 1.85. The molecule has 0 aliphatic rings. The molecule has 0 fully saturated rings. The SMILES string of the molecule is C=C[N+](C)(C)C.CO[SiH2]OC. The maximum absolute atomic E-state index is 4.61. The molecule has 0 aromatic carbocycles. The number of hydrogen-bond acceptors (Lipinski definition) is 2. The Morgan fingerprint density at radius 3 is 1.45 bits per heavy atom. The van der Waals surface area contributed by atoms with E-state index in [1.54, 1.807) is 14.2 Å². The fourth-order valence-corrected chi connectivity index (χ4v) is 0.354. The maximum atomic E-state index is 4.61. The summed E-state index contributed by atoms with van der Waals surface area (Å²) in [7, 11) is 8.92. The van der Waals surface area contributed by atoms with Gasteiger partial charge >= 0.3 is 10.0 Å². The van der Waals surface area contributed by atoms with Gasteiger partial charge in [0.25, 0.3) is 0 Å². The lowest BCUT2D eigenvalue weighted by Gasteiger charge is -2.15. The molecule has 0 aliphatic carbocycles. The Bertz CT molecular complexity index is 88.9. The molecule has 0 heterocycles. The van der Waals surface area contributed by atoms with Crippen molar-refractivity contribution in [1.82, 2.24) is 0 Å². The summed E-state index contributed by atoms with van der Waals surface area (Å²) in [6.45, 7) is 3.60. The first-order valence-corrected chi connectivity index (χ1v) is 4.56. The van der Waals surface area contributed by atoms with Crippen molar-refractivity contribution in [3.05, 3.63) is 12.8 Å². The third-order valence-electron chi connectivity index (χ3n) is 0.783. The van der Waals surface area contributed by atoms with Crippen molar-refractivity contribution in [3.63, 3.8) is 0 Å². The van der Waals surface area contributed by atoms with Gasteiger partial charge in [-0.1, -0.05) is 0 Å². The van der Waals surface area contributed by atoms with Crippen LogP contribution < -0.4 is 0 Å². The average Bonchev–Trinajstić information content (AvgIpc) is 1.90. The molecule has 68 valence electrons. The number of quaternary nitrogens is 1. The molecule has 4 heteroatoms. The number of nitrogens with zero attached hydrogens (tertiary/aromatic N) is 1. The van der Waals surface area contributed by atoms with Crippen LogP contribution in [-0.4, -0.2) is 49.9 Å².